The predicted molar refractivity (Wildman–Crippen MR) is 128 cm³/mol. The fraction of sp³-hybridized carbons (Fsp3) is 0.522. The highest BCUT2D eigenvalue weighted by molar-refractivity contribution is 5.96. The number of carboxylic acids is 1. The molecule has 10 N–H and O–H groups in total. The minimum Gasteiger partial charge on any atom is -0.508 e. The average molecular weight is 510 g/mol. The van der Waals surface area contributed by atoms with E-state index in [4.69, 9.17) is 11.5 Å². The zero-order chi connectivity index (χ0) is 27.6. The lowest BCUT2D eigenvalue weighted by molar-refractivity contribution is -0.143. The Morgan fingerprint density at radius 3 is 1.83 bits per heavy atom. The second-order valence-electron chi connectivity index (χ2n) is 8.96. The number of phenolic OH excluding ortho intramolecular Hbond substituents is 1. The molecular formula is C23H35N5O8. The third kappa shape index (κ3) is 10.3. The van der Waals surface area contributed by atoms with Crippen molar-refractivity contribution in [3.05, 3.63) is 29.8 Å². The van der Waals surface area contributed by atoms with E-state index in [1.165, 1.54) is 31.2 Å². The molecule has 0 aliphatic carbocycles. The second kappa shape index (κ2) is 14.0. The maximum absolute atomic E-state index is 13.0. The maximum Gasteiger partial charge on any atom is 0.326 e. The first-order valence-corrected chi connectivity index (χ1v) is 11.3. The van der Waals surface area contributed by atoms with Crippen LogP contribution in [0.2, 0.25) is 0 Å². The van der Waals surface area contributed by atoms with Crippen molar-refractivity contribution < 1.29 is 39.3 Å². The number of carbonyl (C=O) groups excluding carboxylic acids is 4. The molecular weight excluding hydrogens is 474 g/mol. The van der Waals surface area contributed by atoms with Crippen LogP contribution >= 0.6 is 0 Å². The Bertz CT molecular complexity index is 935. The molecule has 1 aromatic rings. The number of primary amides is 1. The van der Waals surface area contributed by atoms with Gasteiger partial charge in [0.25, 0.3) is 0 Å². The molecule has 0 radical (unpaired) electrons. The largest absolute Gasteiger partial charge is 0.508 e. The van der Waals surface area contributed by atoms with Crippen LogP contribution in [0.1, 0.15) is 39.2 Å². The minimum absolute atomic E-state index is 0.0228. The molecule has 13 heteroatoms. The normalized spacial score (nSPS) is 15.2. The molecule has 0 spiro atoms. The number of hydrogen-bond donors (Lipinski definition) is 8. The third-order valence-corrected chi connectivity index (χ3v) is 5.19. The van der Waals surface area contributed by atoms with Crippen LogP contribution in [0.15, 0.2) is 24.3 Å². The van der Waals surface area contributed by atoms with Crippen molar-refractivity contribution in [1.82, 2.24) is 16.0 Å². The molecule has 1 rings (SSSR count). The second-order valence-corrected chi connectivity index (χ2v) is 8.96. The number of nitrogens with one attached hydrogen (secondary N) is 3. The summed E-state index contributed by atoms with van der Waals surface area (Å²) in [7, 11) is 0. The Morgan fingerprint density at radius 1 is 0.861 bits per heavy atom. The van der Waals surface area contributed by atoms with Crippen LogP contribution in [-0.2, 0) is 30.4 Å². The summed E-state index contributed by atoms with van der Waals surface area (Å²) in [5.74, 6) is -4.94. The van der Waals surface area contributed by atoms with Gasteiger partial charge >= 0.3 is 5.97 Å². The van der Waals surface area contributed by atoms with Gasteiger partial charge in [-0.3, -0.25) is 19.2 Å². The molecule has 0 saturated heterocycles. The molecule has 0 aliphatic rings. The molecule has 0 aromatic heterocycles. The van der Waals surface area contributed by atoms with Crippen LogP contribution in [0.25, 0.3) is 0 Å². The zero-order valence-corrected chi connectivity index (χ0v) is 20.4. The maximum atomic E-state index is 13.0. The van der Waals surface area contributed by atoms with E-state index < -0.39 is 66.3 Å². The lowest BCUT2D eigenvalue weighted by Crippen LogP contribution is -2.59. The molecule has 13 nitrogen and oxygen atoms in total. The van der Waals surface area contributed by atoms with Gasteiger partial charge in [0.2, 0.25) is 23.6 Å². The van der Waals surface area contributed by atoms with E-state index in [9.17, 15) is 39.3 Å². The van der Waals surface area contributed by atoms with E-state index in [1.54, 1.807) is 13.8 Å². The van der Waals surface area contributed by atoms with E-state index in [-0.39, 0.29) is 24.5 Å². The van der Waals surface area contributed by atoms with Crippen LogP contribution in [-0.4, -0.2) is 75.2 Å². The summed E-state index contributed by atoms with van der Waals surface area (Å²) in [6.45, 7) is 4.83. The van der Waals surface area contributed by atoms with Crippen molar-refractivity contribution in [2.75, 3.05) is 0 Å². The predicted octanol–water partition coefficient (Wildman–Crippen LogP) is -1.90. The number of nitrogens with two attached hydrogens (primary N) is 2. The third-order valence-electron chi connectivity index (χ3n) is 5.19. The summed E-state index contributed by atoms with van der Waals surface area (Å²) in [6.07, 6.45) is -1.83. The number of benzene rings is 1. The standard InChI is InChI=1S/C23H35N5O8/c1-11(2)8-17(23(35)36)28-20(32)15(9-13-4-6-14(30)7-5-13)26-21(33)16(10-18(24)31)27-22(34)19(25)12(3)29/h4-7,11-12,15-17,19,29-30H,8-10,25H2,1-3H3,(H2,24,31)(H,26,33)(H,27,34)(H,28,32)(H,35,36). The Balaban J connectivity index is 3.18. The van der Waals surface area contributed by atoms with Crippen LogP contribution in [0.4, 0.5) is 0 Å². The highest BCUT2D eigenvalue weighted by atomic mass is 16.4. The summed E-state index contributed by atoms with van der Waals surface area (Å²) in [4.78, 5) is 61.4. The molecule has 0 bridgehead atoms. The van der Waals surface area contributed by atoms with E-state index in [2.05, 4.69) is 16.0 Å². The van der Waals surface area contributed by atoms with Crippen molar-refractivity contribution in [2.45, 2.75) is 70.3 Å². The average Bonchev–Trinajstić information content (AvgIpc) is 2.77. The molecule has 4 amide bonds. The Labute approximate surface area is 208 Å². The van der Waals surface area contributed by atoms with E-state index in [0.717, 1.165) is 0 Å². The lowest BCUT2D eigenvalue weighted by atomic mass is 10.0. The topological polar surface area (TPSA) is 234 Å². The molecule has 1 aromatic carbocycles. The van der Waals surface area contributed by atoms with Gasteiger partial charge in [0, 0.05) is 6.42 Å². The monoisotopic (exact) mass is 509 g/mol. The Morgan fingerprint density at radius 2 is 1.36 bits per heavy atom. The van der Waals surface area contributed by atoms with Gasteiger partial charge < -0.3 is 42.7 Å². The van der Waals surface area contributed by atoms with Crippen molar-refractivity contribution in [3.8, 4) is 5.75 Å². The SMILES string of the molecule is CC(C)CC(NC(=O)C(Cc1ccc(O)cc1)NC(=O)C(CC(N)=O)NC(=O)C(N)C(C)O)C(=O)O. The van der Waals surface area contributed by atoms with Gasteiger partial charge in [-0.05, 0) is 37.0 Å². The number of aliphatic hydroxyl groups is 1. The van der Waals surface area contributed by atoms with Crippen molar-refractivity contribution in [2.24, 2.45) is 17.4 Å². The number of hydrogen-bond acceptors (Lipinski definition) is 8. The first kappa shape index (κ1) is 30.3. The quantitative estimate of drug-likeness (QED) is 0.140. The van der Waals surface area contributed by atoms with Gasteiger partial charge in [-0.15, -0.1) is 0 Å². The highest BCUT2D eigenvalue weighted by Crippen LogP contribution is 2.13. The van der Waals surface area contributed by atoms with E-state index >= 15 is 0 Å². The Hall–Kier alpha value is -3.71. The fourth-order valence-electron chi connectivity index (χ4n) is 3.21. The van der Waals surface area contributed by atoms with Gasteiger partial charge in [-0.1, -0.05) is 26.0 Å². The molecule has 0 saturated carbocycles. The number of phenols is 1. The number of aliphatic hydroxyl groups excluding tert-OH is 1. The molecule has 0 aliphatic heterocycles. The summed E-state index contributed by atoms with van der Waals surface area (Å²) in [5, 5.41) is 35.6. The van der Waals surface area contributed by atoms with Crippen molar-refractivity contribution in [3.63, 3.8) is 0 Å². The molecule has 0 fully saturated rings. The number of carbonyl (C=O) groups is 5. The lowest BCUT2D eigenvalue weighted by Gasteiger charge is -2.25. The molecule has 200 valence electrons. The summed E-state index contributed by atoms with van der Waals surface area (Å²) >= 11 is 0. The summed E-state index contributed by atoms with van der Waals surface area (Å²) < 4.78 is 0. The number of aromatic hydroxyl groups is 1. The van der Waals surface area contributed by atoms with Crippen molar-refractivity contribution in [1.29, 1.82) is 0 Å². The summed E-state index contributed by atoms with van der Waals surface area (Å²) in [5.41, 5.74) is 11.3. The fourth-order valence-corrected chi connectivity index (χ4v) is 3.21. The first-order valence-electron chi connectivity index (χ1n) is 11.3. The smallest absolute Gasteiger partial charge is 0.326 e. The van der Waals surface area contributed by atoms with Crippen LogP contribution in [0, 0.1) is 5.92 Å². The van der Waals surface area contributed by atoms with E-state index in [1.807, 2.05) is 0 Å². The highest BCUT2D eigenvalue weighted by Gasteiger charge is 2.32. The van der Waals surface area contributed by atoms with Gasteiger partial charge in [0.05, 0.1) is 12.5 Å². The number of rotatable bonds is 14. The van der Waals surface area contributed by atoms with Gasteiger partial charge in [0.15, 0.2) is 0 Å². The van der Waals surface area contributed by atoms with Crippen LogP contribution < -0.4 is 27.4 Å². The number of aliphatic carboxylic acids is 1. The van der Waals surface area contributed by atoms with Crippen molar-refractivity contribution >= 4 is 29.6 Å². The molecule has 36 heavy (non-hydrogen) atoms. The van der Waals surface area contributed by atoms with Gasteiger partial charge in [0.1, 0.15) is 29.9 Å². The Kier molecular flexibility index (Phi) is 11.8. The molecule has 5 unspecified atom stereocenters. The van der Waals surface area contributed by atoms with Crippen LogP contribution in [0.5, 0.6) is 5.75 Å². The summed E-state index contributed by atoms with van der Waals surface area (Å²) in [6, 6.07) is 0.328. The minimum atomic E-state index is -1.51. The zero-order valence-electron chi connectivity index (χ0n) is 20.4. The van der Waals surface area contributed by atoms with Gasteiger partial charge in [-0.25, -0.2) is 4.79 Å². The van der Waals surface area contributed by atoms with Crippen LogP contribution in [0.3, 0.4) is 0 Å². The first-order chi connectivity index (χ1) is 16.7. The number of amides is 4. The molecule has 5 atom stereocenters. The van der Waals surface area contributed by atoms with E-state index in [0.29, 0.717) is 5.56 Å². The van der Waals surface area contributed by atoms with Gasteiger partial charge in [-0.2, -0.15) is 0 Å². The number of carboxylic acid groups (broad SMARTS) is 1. The molecule has 0 heterocycles.